The second-order valence-electron chi connectivity index (χ2n) is 4.55. The maximum Gasteiger partial charge on any atom is 0.264 e. The Bertz CT molecular complexity index is 387. The van der Waals surface area contributed by atoms with Crippen molar-refractivity contribution in [3.8, 4) is 0 Å². The number of halogens is 2. The topological polar surface area (TPSA) is 16.1 Å². The average Bonchev–Trinajstić information content (AvgIpc) is 2.64. The van der Waals surface area contributed by atoms with Crippen LogP contribution in [0.25, 0.3) is 0 Å². The quantitative estimate of drug-likeness (QED) is 0.834. The summed E-state index contributed by atoms with van der Waals surface area (Å²) < 4.78 is 25.4. The summed E-state index contributed by atoms with van der Waals surface area (Å²) in [4.78, 5) is 6.38. The normalized spacial score (nSPS) is 21.1. The Morgan fingerprint density at radius 3 is 3.00 bits per heavy atom. The summed E-state index contributed by atoms with van der Waals surface area (Å²) in [6.07, 6.45) is 4.68. The van der Waals surface area contributed by atoms with Gasteiger partial charge in [0.1, 0.15) is 5.82 Å². The van der Waals surface area contributed by atoms with E-state index in [-0.39, 0.29) is 5.56 Å². The lowest BCUT2D eigenvalue weighted by Crippen LogP contribution is -2.30. The molecule has 1 unspecified atom stereocenters. The minimum Gasteiger partial charge on any atom is -0.356 e. The highest BCUT2D eigenvalue weighted by atomic mass is 32.2. The molecule has 0 aromatic carbocycles. The Kier molecular flexibility index (Phi) is 4.80. The first-order valence-corrected chi connectivity index (χ1v) is 7.51. The highest BCUT2D eigenvalue weighted by Gasteiger charge is 2.19. The number of hydrogen-bond donors (Lipinski definition) is 0. The molecule has 1 aliphatic rings. The first kappa shape index (κ1) is 13.6. The summed E-state index contributed by atoms with van der Waals surface area (Å²) in [5.41, 5.74) is 0.0601. The van der Waals surface area contributed by atoms with E-state index < -0.39 is 6.43 Å². The monoisotopic (exact) mass is 272 g/mol. The highest BCUT2D eigenvalue weighted by molar-refractivity contribution is 7.99. The van der Waals surface area contributed by atoms with Gasteiger partial charge in [-0.15, -0.1) is 0 Å². The van der Waals surface area contributed by atoms with E-state index in [9.17, 15) is 8.78 Å². The smallest absolute Gasteiger partial charge is 0.264 e. The molecule has 1 aromatic heterocycles. The lowest BCUT2D eigenvalue weighted by molar-refractivity contribution is 0.151. The van der Waals surface area contributed by atoms with Crippen LogP contribution in [0.15, 0.2) is 18.3 Å². The summed E-state index contributed by atoms with van der Waals surface area (Å²) in [5, 5.41) is 0.574. The van der Waals surface area contributed by atoms with Crippen LogP contribution in [0.5, 0.6) is 0 Å². The van der Waals surface area contributed by atoms with Crippen LogP contribution >= 0.6 is 11.8 Å². The number of pyridine rings is 1. The molecule has 1 fully saturated rings. The fourth-order valence-corrected chi connectivity index (χ4v) is 2.98. The van der Waals surface area contributed by atoms with E-state index in [1.807, 2.05) is 11.8 Å². The number of anilines is 1. The molecule has 1 aliphatic heterocycles. The Morgan fingerprint density at radius 2 is 2.28 bits per heavy atom. The van der Waals surface area contributed by atoms with Gasteiger partial charge in [0.05, 0.1) is 0 Å². The maximum absolute atomic E-state index is 12.7. The lowest BCUT2D eigenvalue weighted by Gasteiger charge is -2.25. The molecule has 0 spiro atoms. The fraction of sp³-hybridized carbons (Fsp3) is 0.615. The summed E-state index contributed by atoms with van der Waals surface area (Å²) in [6.45, 7) is 1.82. The molecule has 0 bridgehead atoms. The van der Waals surface area contributed by atoms with Gasteiger partial charge in [-0.25, -0.2) is 13.8 Å². The average molecular weight is 272 g/mol. The number of hydrogen-bond acceptors (Lipinski definition) is 3. The van der Waals surface area contributed by atoms with E-state index in [2.05, 4.69) is 16.1 Å². The van der Waals surface area contributed by atoms with Crippen LogP contribution in [0, 0.1) is 0 Å². The van der Waals surface area contributed by atoms with Crippen LogP contribution in [0.4, 0.5) is 14.6 Å². The third kappa shape index (κ3) is 3.34. The van der Waals surface area contributed by atoms with E-state index in [1.54, 1.807) is 0 Å². The zero-order valence-corrected chi connectivity index (χ0v) is 11.3. The van der Waals surface area contributed by atoms with Gasteiger partial charge in [0.15, 0.2) is 0 Å². The molecule has 0 N–H and O–H groups in total. The molecule has 5 heteroatoms. The van der Waals surface area contributed by atoms with Crippen LogP contribution < -0.4 is 4.90 Å². The van der Waals surface area contributed by atoms with E-state index in [0.717, 1.165) is 19.5 Å². The van der Waals surface area contributed by atoms with Gasteiger partial charge in [-0.1, -0.05) is 6.42 Å². The number of rotatable bonds is 3. The minimum atomic E-state index is -2.42. The predicted molar refractivity (Wildman–Crippen MR) is 72.6 cm³/mol. The summed E-state index contributed by atoms with van der Waals surface area (Å²) in [5.74, 6) is 0.689. The van der Waals surface area contributed by atoms with Crippen LogP contribution in [0.3, 0.4) is 0 Å². The van der Waals surface area contributed by atoms with Crippen LogP contribution in [-0.2, 0) is 0 Å². The van der Waals surface area contributed by atoms with Gasteiger partial charge >= 0.3 is 0 Å². The number of nitrogens with zero attached hydrogens (tertiary/aromatic N) is 2. The first-order chi connectivity index (χ1) is 8.70. The fourth-order valence-electron chi connectivity index (χ4n) is 2.25. The molecule has 0 saturated carbocycles. The molecule has 2 heterocycles. The van der Waals surface area contributed by atoms with Gasteiger partial charge in [0, 0.05) is 30.1 Å². The molecule has 1 saturated heterocycles. The van der Waals surface area contributed by atoms with Crippen molar-refractivity contribution in [2.75, 3.05) is 24.2 Å². The van der Waals surface area contributed by atoms with Crippen molar-refractivity contribution >= 4 is 17.6 Å². The van der Waals surface area contributed by atoms with Gasteiger partial charge in [-0.2, -0.15) is 11.8 Å². The molecule has 0 radical (unpaired) electrons. The second-order valence-corrected chi connectivity index (χ2v) is 5.69. The molecular formula is C13H18F2N2S. The number of aromatic nitrogens is 1. The van der Waals surface area contributed by atoms with E-state index >= 15 is 0 Å². The van der Waals surface area contributed by atoms with Gasteiger partial charge in [0.2, 0.25) is 0 Å². The van der Waals surface area contributed by atoms with Gasteiger partial charge in [-0.3, -0.25) is 0 Å². The maximum atomic E-state index is 12.7. The second kappa shape index (κ2) is 6.36. The molecule has 18 heavy (non-hydrogen) atoms. The molecule has 100 valence electrons. The Labute approximate surface area is 111 Å². The molecule has 1 aromatic rings. The van der Waals surface area contributed by atoms with E-state index in [1.165, 1.54) is 31.2 Å². The van der Waals surface area contributed by atoms with E-state index in [0.29, 0.717) is 11.1 Å². The Hall–Kier alpha value is -0.840. The molecule has 2 rings (SSSR count). The third-order valence-corrected chi connectivity index (χ3v) is 4.36. The number of alkyl halides is 2. The molecule has 0 amide bonds. The SMILES string of the molecule is CSC1CCCCN(c2cc(C(F)F)ccn2)C1. The first-order valence-electron chi connectivity index (χ1n) is 6.22. The zero-order chi connectivity index (χ0) is 13.0. The summed E-state index contributed by atoms with van der Waals surface area (Å²) in [7, 11) is 0. The van der Waals surface area contributed by atoms with Crippen molar-refractivity contribution in [3.63, 3.8) is 0 Å². The standard InChI is InChI=1S/C13H18F2N2S/c1-18-11-4-2-3-7-17(9-11)12-8-10(13(14)15)5-6-16-12/h5-6,8,11,13H,2-4,7,9H2,1H3. The zero-order valence-electron chi connectivity index (χ0n) is 10.5. The minimum absolute atomic E-state index is 0.0601. The van der Waals surface area contributed by atoms with Crippen LogP contribution in [0.2, 0.25) is 0 Å². The van der Waals surface area contributed by atoms with Crippen molar-refractivity contribution in [1.82, 2.24) is 4.98 Å². The number of thioether (sulfide) groups is 1. The van der Waals surface area contributed by atoms with Gasteiger partial charge < -0.3 is 4.90 Å². The summed E-state index contributed by atoms with van der Waals surface area (Å²) >= 11 is 1.85. The third-order valence-electron chi connectivity index (χ3n) is 3.31. The van der Waals surface area contributed by atoms with Crippen LogP contribution in [0.1, 0.15) is 31.3 Å². The molecule has 2 nitrogen and oxygen atoms in total. The van der Waals surface area contributed by atoms with Gasteiger partial charge in [-0.05, 0) is 31.2 Å². The highest BCUT2D eigenvalue weighted by Crippen LogP contribution is 2.26. The Balaban J connectivity index is 2.15. The predicted octanol–water partition coefficient (Wildman–Crippen LogP) is 3.74. The molecular weight excluding hydrogens is 254 g/mol. The van der Waals surface area contributed by atoms with Crippen molar-refractivity contribution < 1.29 is 8.78 Å². The largest absolute Gasteiger partial charge is 0.356 e. The van der Waals surface area contributed by atoms with Crippen LogP contribution in [-0.4, -0.2) is 29.6 Å². The summed E-state index contributed by atoms with van der Waals surface area (Å²) in [6, 6.07) is 2.91. The lowest BCUT2D eigenvalue weighted by atomic mass is 10.2. The molecule has 1 atom stereocenters. The van der Waals surface area contributed by atoms with Crippen molar-refractivity contribution in [3.05, 3.63) is 23.9 Å². The van der Waals surface area contributed by atoms with Crippen molar-refractivity contribution in [2.24, 2.45) is 0 Å². The van der Waals surface area contributed by atoms with Gasteiger partial charge in [0.25, 0.3) is 6.43 Å². The van der Waals surface area contributed by atoms with Crippen molar-refractivity contribution in [1.29, 1.82) is 0 Å². The Morgan fingerprint density at radius 1 is 1.44 bits per heavy atom. The van der Waals surface area contributed by atoms with E-state index in [4.69, 9.17) is 0 Å². The van der Waals surface area contributed by atoms with Crippen molar-refractivity contribution in [2.45, 2.75) is 30.9 Å². The molecule has 0 aliphatic carbocycles.